The van der Waals surface area contributed by atoms with Gasteiger partial charge in [-0.1, -0.05) is 42.5 Å². The van der Waals surface area contributed by atoms with Gasteiger partial charge in [-0.3, -0.25) is 4.79 Å². The highest BCUT2D eigenvalue weighted by Crippen LogP contribution is 2.33. The number of rotatable bonds is 4. The van der Waals surface area contributed by atoms with E-state index >= 15 is 0 Å². The van der Waals surface area contributed by atoms with Crippen molar-refractivity contribution in [2.75, 3.05) is 7.05 Å². The summed E-state index contributed by atoms with van der Waals surface area (Å²) in [6.07, 6.45) is 3.15. The summed E-state index contributed by atoms with van der Waals surface area (Å²) in [5.74, 6) is -1.06. The van der Waals surface area contributed by atoms with Gasteiger partial charge < -0.3 is 9.64 Å². The maximum Gasteiger partial charge on any atom is 0.338 e. The molecule has 0 bridgehead atoms. The van der Waals surface area contributed by atoms with E-state index in [1.165, 1.54) is 30.0 Å². The summed E-state index contributed by atoms with van der Waals surface area (Å²) in [5, 5.41) is 10.1. The maximum atomic E-state index is 12.6. The molecule has 1 fully saturated rings. The summed E-state index contributed by atoms with van der Waals surface area (Å²) in [5.41, 5.74) is -0.607. The summed E-state index contributed by atoms with van der Waals surface area (Å²) >= 11 is 11.7. The molecule has 0 aromatic heterocycles. The fourth-order valence-electron chi connectivity index (χ4n) is 3.04. The van der Waals surface area contributed by atoms with Crippen LogP contribution in [0.15, 0.2) is 18.2 Å². The highest BCUT2D eigenvalue weighted by molar-refractivity contribution is 6.42. The van der Waals surface area contributed by atoms with E-state index < -0.39 is 23.5 Å². The quantitative estimate of drug-likeness (QED) is 0.730. The van der Waals surface area contributed by atoms with Gasteiger partial charge in [0.05, 0.1) is 21.7 Å². The molecule has 2 rings (SSSR count). The van der Waals surface area contributed by atoms with E-state index in [2.05, 4.69) is 6.07 Å². The summed E-state index contributed by atoms with van der Waals surface area (Å²) in [6.45, 7) is 1.50. The van der Waals surface area contributed by atoms with Crippen molar-refractivity contribution in [3.05, 3.63) is 33.8 Å². The van der Waals surface area contributed by atoms with Crippen LogP contribution in [0, 0.1) is 11.3 Å². The molecule has 0 N–H and O–H groups in total. The molecule has 1 aromatic carbocycles. The third kappa shape index (κ3) is 4.26. The van der Waals surface area contributed by atoms with Crippen molar-refractivity contribution in [2.24, 2.45) is 0 Å². The van der Waals surface area contributed by atoms with Gasteiger partial charge in [-0.05, 0) is 38.0 Å². The lowest BCUT2D eigenvalue weighted by Crippen LogP contribution is -2.53. The number of amides is 1. The molecule has 0 radical (unpaired) electrons. The Morgan fingerprint density at radius 3 is 2.44 bits per heavy atom. The molecule has 134 valence electrons. The van der Waals surface area contributed by atoms with Crippen LogP contribution in [-0.4, -0.2) is 35.5 Å². The number of nitrogens with zero attached hydrogens (tertiary/aromatic N) is 2. The molecule has 25 heavy (non-hydrogen) atoms. The van der Waals surface area contributed by atoms with Crippen LogP contribution in [-0.2, 0) is 9.53 Å². The molecular formula is C18H20Cl2N2O3. The van der Waals surface area contributed by atoms with E-state index in [9.17, 15) is 14.9 Å². The Labute approximate surface area is 157 Å². The first kappa shape index (κ1) is 19.6. The summed E-state index contributed by atoms with van der Waals surface area (Å²) in [7, 11) is 1.60. The Balaban J connectivity index is 2.07. The smallest absolute Gasteiger partial charge is 0.338 e. The SMILES string of the molecule is C[C@@H](OC(=O)c1ccc(Cl)c(Cl)c1)C(=O)N(C)C1(C#N)CCCCC1. The third-order valence-electron chi connectivity index (χ3n) is 4.65. The Hall–Kier alpha value is -1.77. The third-order valence-corrected chi connectivity index (χ3v) is 5.39. The van der Waals surface area contributed by atoms with E-state index in [1.54, 1.807) is 7.05 Å². The van der Waals surface area contributed by atoms with Gasteiger partial charge in [-0.15, -0.1) is 0 Å². The highest BCUT2D eigenvalue weighted by Gasteiger charge is 2.40. The van der Waals surface area contributed by atoms with Crippen molar-refractivity contribution in [3.63, 3.8) is 0 Å². The number of esters is 1. The largest absolute Gasteiger partial charge is 0.449 e. The molecule has 5 nitrogen and oxygen atoms in total. The number of ether oxygens (including phenoxy) is 1. The predicted octanol–water partition coefficient (Wildman–Crippen LogP) is 4.22. The van der Waals surface area contributed by atoms with Crippen molar-refractivity contribution < 1.29 is 14.3 Å². The average molecular weight is 383 g/mol. The fraction of sp³-hybridized carbons (Fsp3) is 0.500. The Bertz CT molecular complexity index is 709. The zero-order valence-corrected chi connectivity index (χ0v) is 15.7. The highest BCUT2D eigenvalue weighted by atomic mass is 35.5. The maximum absolute atomic E-state index is 12.6. The van der Waals surface area contributed by atoms with Crippen LogP contribution in [0.25, 0.3) is 0 Å². The Morgan fingerprint density at radius 1 is 1.24 bits per heavy atom. The summed E-state index contributed by atoms with van der Waals surface area (Å²) < 4.78 is 5.25. The molecular weight excluding hydrogens is 363 g/mol. The standard InChI is InChI=1S/C18H20Cl2N2O3/c1-12(25-17(24)13-6-7-14(19)15(20)10-13)16(23)22(2)18(11-21)8-4-3-5-9-18/h6-7,10,12H,3-5,8-9H2,1-2H3/t12-/m1/s1. The monoisotopic (exact) mass is 382 g/mol. The van der Waals surface area contributed by atoms with E-state index in [4.69, 9.17) is 27.9 Å². The topological polar surface area (TPSA) is 70.4 Å². The molecule has 1 atom stereocenters. The van der Waals surface area contributed by atoms with E-state index in [0.717, 1.165) is 19.3 Å². The molecule has 1 aliphatic carbocycles. The van der Waals surface area contributed by atoms with Gasteiger partial charge in [0.2, 0.25) is 0 Å². The number of benzene rings is 1. The molecule has 1 amide bonds. The number of nitriles is 1. The van der Waals surface area contributed by atoms with Crippen molar-refractivity contribution in [1.29, 1.82) is 5.26 Å². The van der Waals surface area contributed by atoms with E-state index in [-0.39, 0.29) is 10.6 Å². The molecule has 0 unspecified atom stereocenters. The lowest BCUT2D eigenvalue weighted by atomic mass is 9.81. The Morgan fingerprint density at radius 2 is 1.88 bits per heavy atom. The second-order valence-corrected chi connectivity index (χ2v) is 7.09. The molecule has 1 saturated carbocycles. The normalized spacial score (nSPS) is 17.2. The van der Waals surface area contributed by atoms with Crippen LogP contribution in [0.3, 0.4) is 0 Å². The minimum absolute atomic E-state index is 0.212. The number of carbonyl (C=O) groups is 2. The summed E-state index contributed by atoms with van der Waals surface area (Å²) in [4.78, 5) is 26.3. The lowest BCUT2D eigenvalue weighted by Gasteiger charge is -2.39. The summed E-state index contributed by atoms with van der Waals surface area (Å²) in [6, 6.07) is 6.65. The van der Waals surface area contributed by atoms with E-state index in [0.29, 0.717) is 17.9 Å². The molecule has 1 aliphatic rings. The van der Waals surface area contributed by atoms with Crippen LogP contribution >= 0.6 is 23.2 Å². The van der Waals surface area contributed by atoms with Gasteiger partial charge in [-0.25, -0.2) is 4.79 Å². The lowest BCUT2D eigenvalue weighted by molar-refractivity contribution is -0.143. The fourth-order valence-corrected chi connectivity index (χ4v) is 3.34. The number of hydrogen-bond donors (Lipinski definition) is 0. The number of hydrogen-bond acceptors (Lipinski definition) is 4. The average Bonchev–Trinajstić information content (AvgIpc) is 2.63. The second-order valence-electron chi connectivity index (χ2n) is 6.28. The predicted molar refractivity (Wildman–Crippen MR) is 95.5 cm³/mol. The van der Waals surface area contributed by atoms with E-state index in [1.807, 2.05) is 0 Å². The first-order valence-electron chi connectivity index (χ1n) is 8.16. The van der Waals surface area contributed by atoms with Gasteiger partial charge in [-0.2, -0.15) is 5.26 Å². The van der Waals surface area contributed by atoms with Gasteiger partial charge in [0.1, 0.15) is 5.54 Å². The van der Waals surface area contributed by atoms with Crippen molar-refractivity contribution in [2.45, 2.75) is 50.7 Å². The van der Waals surface area contributed by atoms with Crippen LogP contribution in [0.5, 0.6) is 0 Å². The van der Waals surface area contributed by atoms with Gasteiger partial charge in [0.15, 0.2) is 6.10 Å². The molecule has 1 aromatic rings. The minimum Gasteiger partial charge on any atom is -0.449 e. The van der Waals surface area contributed by atoms with Gasteiger partial charge in [0, 0.05) is 7.05 Å². The van der Waals surface area contributed by atoms with Crippen LogP contribution in [0.4, 0.5) is 0 Å². The minimum atomic E-state index is -1.00. The van der Waals surface area contributed by atoms with Crippen LogP contribution in [0.1, 0.15) is 49.4 Å². The zero-order valence-electron chi connectivity index (χ0n) is 14.2. The molecule has 0 heterocycles. The first-order chi connectivity index (χ1) is 11.8. The van der Waals surface area contributed by atoms with Gasteiger partial charge >= 0.3 is 5.97 Å². The molecule has 7 heteroatoms. The first-order valence-corrected chi connectivity index (χ1v) is 8.91. The zero-order chi connectivity index (χ0) is 18.6. The van der Waals surface area contributed by atoms with Crippen LogP contribution in [0.2, 0.25) is 10.0 Å². The second kappa shape index (κ2) is 8.07. The van der Waals surface area contributed by atoms with Crippen molar-refractivity contribution in [3.8, 4) is 6.07 Å². The Kier molecular flexibility index (Phi) is 6.31. The number of likely N-dealkylation sites (N-methyl/N-ethyl adjacent to an activating group) is 1. The molecule has 0 saturated heterocycles. The number of carbonyl (C=O) groups excluding carboxylic acids is 2. The molecule has 0 spiro atoms. The van der Waals surface area contributed by atoms with Gasteiger partial charge in [0.25, 0.3) is 5.91 Å². The van der Waals surface area contributed by atoms with Crippen molar-refractivity contribution >= 4 is 35.1 Å². The number of halogens is 2. The van der Waals surface area contributed by atoms with Crippen LogP contribution < -0.4 is 0 Å². The molecule has 0 aliphatic heterocycles. The van der Waals surface area contributed by atoms with Crippen molar-refractivity contribution in [1.82, 2.24) is 4.90 Å².